The molecule has 0 aliphatic carbocycles. The molecule has 0 bridgehead atoms. The largest absolute Gasteiger partial charge is 0.366 e. The van der Waals surface area contributed by atoms with E-state index in [0.29, 0.717) is 23.9 Å². The maximum absolute atomic E-state index is 11.5. The lowest BCUT2D eigenvalue weighted by Crippen LogP contribution is -2.10. The number of nitrogens with zero attached hydrogens (tertiary/aromatic N) is 3. The quantitative estimate of drug-likeness (QED) is 0.595. The number of hydrogen-bond donors (Lipinski definition) is 3. The van der Waals surface area contributed by atoms with Crippen molar-refractivity contribution in [3.63, 3.8) is 0 Å². The smallest absolute Gasteiger partial charge is 0.238 e. The van der Waals surface area contributed by atoms with Gasteiger partial charge in [0, 0.05) is 24.0 Å². The van der Waals surface area contributed by atoms with Gasteiger partial charge in [0.1, 0.15) is 24.4 Å². The van der Waals surface area contributed by atoms with Crippen LogP contribution < -0.4 is 16.0 Å². The molecule has 0 saturated heterocycles. The molecule has 7 heteroatoms. The second-order valence-corrected chi connectivity index (χ2v) is 5.72. The van der Waals surface area contributed by atoms with E-state index in [2.05, 4.69) is 25.9 Å². The van der Waals surface area contributed by atoms with Crippen LogP contribution in [0.5, 0.6) is 0 Å². The summed E-state index contributed by atoms with van der Waals surface area (Å²) in [5, 5.41) is 17.7. The highest BCUT2D eigenvalue weighted by Gasteiger charge is 2.03. The van der Waals surface area contributed by atoms with Crippen molar-refractivity contribution in [1.29, 1.82) is 5.26 Å². The van der Waals surface area contributed by atoms with Crippen molar-refractivity contribution < 1.29 is 4.79 Å². The Hall–Kier alpha value is -3.92. The van der Waals surface area contributed by atoms with Crippen LogP contribution >= 0.6 is 0 Å². The van der Waals surface area contributed by atoms with Gasteiger partial charge in [-0.05, 0) is 29.8 Å². The van der Waals surface area contributed by atoms with E-state index in [1.54, 1.807) is 6.07 Å². The Morgan fingerprint density at radius 2 is 1.74 bits per heavy atom. The summed E-state index contributed by atoms with van der Waals surface area (Å²) in [7, 11) is 0. The number of hydrogen-bond acceptors (Lipinski definition) is 6. The number of carbonyl (C=O) groups is 1. The minimum atomic E-state index is -0.324. The zero-order valence-corrected chi connectivity index (χ0v) is 14.5. The molecule has 134 valence electrons. The van der Waals surface area contributed by atoms with Gasteiger partial charge in [-0.15, -0.1) is 0 Å². The number of nitriles is 1. The fraction of sp³-hybridized carbons (Fsp3) is 0.100. The average molecular weight is 358 g/mol. The lowest BCUT2D eigenvalue weighted by molar-refractivity contribution is -0.115. The molecular formula is C20H18N6O. The fourth-order valence-corrected chi connectivity index (χ4v) is 2.42. The topological polar surface area (TPSA) is 103 Å². The third kappa shape index (κ3) is 5.54. The number of carbonyl (C=O) groups excluding carboxylic acids is 1. The summed E-state index contributed by atoms with van der Waals surface area (Å²) in [4.78, 5) is 20.0. The van der Waals surface area contributed by atoms with Gasteiger partial charge in [-0.2, -0.15) is 5.26 Å². The predicted octanol–water partition coefficient (Wildman–Crippen LogP) is 3.68. The molecule has 0 unspecified atom stereocenters. The first-order valence-electron chi connectivity index (χ1n) is 8.36. The molecule has 2 aromatic carbocycles. The van der Waals surface area contributed by atoms with Gasteiger partial charge in [0.25, 0.3) is 0 Å². The van der Waals surface area contributed by atoms with Crippen molar-refractivity contribution >= 4 is 28.9 Å². The van der Waals surface area contributed by atoms with Crippen LogP contribution in [0.3, 0.4) is 0 Å². The number of benzene rings is 2. The molecule has 0 fully saturated rings. The molecule has 1 heterocycles. The Kier molecular flexibility index (Phi) is 5.94. The van der Waals surface area contributed by atoms with Gasteiger partial charge in [0.15, 0.2) is 0 Å². The number of rotatable bonds is 7. The highest BCUT2D eigenvalue weighted by atomic mass is 16.1. The third-order valence-corrected chi connectivity index (χ3v) is 3.64. The van der Waals surface area contributed by atoms with Gasteiger partial charge >= 0.3 is 0 Å². The average Bonchev–Trinajstić information content (AvgIpc) is 2.68. The molecule has 0 atom stereocenters. The Balaban J connectivity index is 1.61. The Morgan fingerprint density at radius 3 is 2.56 bits per heavy atom. The number of nitrogens with one attached hydrogen (secondary N) is 3. The molecule has 3 rings (SSSR count). The zero-order valence-electron chi connectivity index (χ0n) is 14.5. The maximum Gasteiger partial charge on any atom is 0.238 e. The van der Waals surface area contributed by atoms with Crippen molar-refractivity contribution in [2.45, 2.75) is 13.0 Å². The molecule has 0 saturated carbocycles. The first-order valence-corrected chi connectivity index (χ1v) is 8.36. The van der Waals surface area contributed by atoms with Crippen LogP contribution in [-0.2, 0) is 11.3 Å². The van der Waals surface area contributed by atoms with Crippen LogP contribution in [0.4, 0.5) is 23.0 Å². The van der Waals surface area contributed by atoms with Gasteiger partial charge in [-0.3, -0.25) is 4.79 Å². The molecule has 0 aliphatic heterocycles. The lowest BCUT2D eigenvalue weighted by atomic mass is 10.2. The monoisotopic (exact) mass is 358 g/mol. The van der Waals surface area contributed by atoms with Gasteiger partial charge in [-0.1, -0.05) is 30.3 Å². The van der Waals surface area contributed by atoms with Gasteiger partial charge < -0.3 is 16.0 Å². The molecule has 0 radical (unpaired) electrons. The summed E-state index contributed by atoms with van der Waals surface area (Å²) in [5.41, 5.74) is 2.58. The van der Waals surface area contributed by atoms with E-state index >= 15 is 0 Å². The predicted molar refractivity (Wildman–Crippen MR) is 104 cm³/mol. The molecule has 1 amide bonds. The highest BCUT2D eigenvalue weighted by molar-refractivity contribution is 5.92. The molecule has 7 nitrogen and oxygen atoms in total. The molecule has 0 aliphatic rings. The maximum atomic E-state index is 11.5. The van der Waals surface area contributed by atoms with Gasteiger partial charge in [0.05, 0.1) is 6.07 Å². The SMILES string of the molecule is N#CCC(=O)Nc1cccc(CNc2cc(Nc3ccccc3)ncn2)c1. The van der Waals surface area contributed by atoms with Gasteiger partial charge in [0.2, 0.25) is 5.91 Å². The van der Waals surface area contributed by atoms with Gasteiger partial charge in [-0.25, -0.2) is 9.97 Å². The van der Waals surface area contributed by atoms with E-state index in [1.165, 1.54) is 6.33 Å². The van der Waals surface area contributed by atoms with Crippen LogP contribution in [0.25, 0.3) is 0 Å². The molecule has 27 heavy (non-hydrogen) atoms. The summed E-state index contributed by atoms with van der Waals surface area (Å²) >= 11 is 0. The van der Waals surface area contributed by atoms with Crippen molar-refractivity contribution in [3.8, 4) is 6.07 Å². The minimum absolute atomic E-state index is 0.166. The zero-order chi connectivity index (χ0) is 18.9. The number of para-hydroxylation sites is 1. The highest BCUT2D eigenvalue weighted by Crippen LogP contribution is 2.17. The Bertz CT molecular complexity index is 952. The van der Waals surface area contributed by atoms with Crippen molar-refractivity contribution in [2.24, 2.45) is 0 Å². The minimum Gasteiger partial charge on any atom is -0.366 e. The van der Waals surface area contributed by atoms with E-state index in [-0.39, 0.29) is 12.3 Å². The summed E-state index contributed by atoms with van der Waals surface area (Å²) in [5.74, 6) is 1.05. The Morgan fingerprint density at radius 1 is 0.963 bits per heavy atom. The van der Waals surface area contributed by atoms with E-state index in [1.807, 2.05) is 60.7 Å². The van der Waals surface area contributed by atoms with Crippen LogP contribution in [0.15, 0.2) is 67.0 Å². The van der Waals surface area contributed by atoms with E-state index in [9.17, 15) is 4.79 Å². The number of aromatic nitrogens is 2. The van der Waals surface area contributed by atoms with E-state index < -0.39 is 0 Å². The normalized spacial score (nSPS) is 9.89. The molecule has 0 spiro atoms. The second kappa shape index (κ2) is 8.97. The number of amides is 1. The lowest BCUT2D eigenvalue weighted by Gasteiger charge is -2.10. The Labute approximate surface area is 157 Å². The summed E-state index contributed by atoms with van der Waals surface area (Å²) < 4.78 is 0. The fourth-order valence-electron chi connectivity index (χ4n) is 2.42. The van der Waals surface area contributed by atoms with Crippen LogP contribution in [0.2, 0.25) is 0 Å². The van der Waals surface area contributed by atoms with Crippen molar-refractivity contribution in [2.75, 3.05) is 16.0 Å². The molecular weight excluding hydrogens is 340 g/mol. The molecule has 3 aromatic rings. The van der Waals surface area contributed by atoms with Crippen LogP contribution in [0, 0.1) is 11.3 Å². The third-order valence-electron chi connectivity index (χ3n) is 3.64. The van der Waals surface area contributed by atoms with Crippen LogP contribution in [0.1, 0.15) is 12.0 Å². The molecule has 3 N–H and O–H groups in total. The van der Waals surface area contributed by atoms with Crippen molar-refractivity contribution in [1.82, 2.24) is 9.97 Å². The van der Waals surface area contributed by atoms with E-state index in [0.717, 1.165) is 11.3 Å². The second-order valence-electron chi connectivity index (χ2n) is 5.72. The first kappa shape index (κ1) is 17.9. The summed E-state index contributed by atoms with van der Waals surface area (Å²) in [6, 6.07) is 20.9. The summed E-state index contributed by atoms with van der Waals surface area (Å²) in [6.07, 6.45) is 1.33. The number of anilines is 4. The first-order chi connectivity index (χ1) is 13.2. The van der Waals surface area contributed by atoms with E-state index in [4.69, 9.17) is 5.26 Å². The van der Waals surface area contributed by atoms with Crippen LogP contribution in [-0.4, -0.2) is 15.9 Å². The molecule has 1 aromatic heterocycles. The standard InChI is InChI=1S/C20H18N6O/c21-10-9-20(27)26-17-8-4-5-15(11-17)13-22-18-12-19(24-14-23-18)25-16-6-2-1-3-7-16/h1-8,11-12,14H,9,13H2,(H,26,27)(H2,22,23,24,25). The summed E-state index contributed by atoms with van der Waals surface area (Å²) in [6.45, 7) is 0.531. The van der Waals surface area contributed by atoms with Crippen molar-refractivity contribution in [3.05, 3.63) is 72.6 Å².